The van der Waals surface area contributed by atoms with Crippen molar-refractivity contribution in [3.63, 3.8) is 0 Å². The molecule has 1 aromatic rings. The quantitative estimate of drug-likeness (QED) is 0.675. The SMILES string of the molecule is COc1cc(C(=O)O)c([N+](=O)[O-])cc1CC(F)(F)F. The fourth-order valence-corrected chi connectivity index (χ4v) is 1.48. The number of methoxy groups -OCH3 is 1. The monoisotopic (exact) mass is 279 g/mol. The molecule has 0 heterocycles. The molecule has 0 aliphatic heterocycles. The molecule has 1 rings (SSSR count). The molecule has 0 aliphatic carbocycles. The maximum atomic E-state index is 12.3. The molecule has 0 atom stereocenters. The van der Waals surface area contributed by atoms with E-state index in [4.69, 9.17) is 5.11 Å². The molecule has 19 heavy (non-hydrogen) atoms. The standard InChI is InChI=1S/C10H8F3NO5/c1-19-8-3-6(9(15)16)7(14(17)18)2-5(8)4-10(11,12)13/h2-3H,4H2,1H3,(H,15,16). The van der Waals surface area contributed by atoms with E-state index in [0.717, 1.165) is 7.11 Å². The molecule has 0 amide bonds. The van der Waals surface area contributed by atoms with Gasteiger partial charge in [-0.25, -0.2) is 4.79 Å². The van der Waals surface area contributed by atoms with Crippen LogP contribution in [0.1, 0.15) is 15.9 Å². The van der Waals surface area contributed by atoms with Gasteiger partial charge in [-0.15, -0.1) is 0 Å². The molecule has 9 heteroatoms. The van der Waals surface area contributed by atoms with Crippen LogP contribution >= 0.6 is 0 Å². The number of halogens is 3. The maximum Gasteiger partial charge on any atom is 0.393 e. The fourth-order valence-electron chi connectivity index (χ4n) is 1.48. The Hall–Kier alpha value is -2.32. The van der Waals surface area contributed by atoms with Gasteiger partial charge in [-0.3, -0.25) is 10.1 Å². The van der Waals surface area contributed by atoms with Crippen molar-refractivity contribution in [1.82, 2.24) is 0 Å². The Balaban J connectivity index is 3.44. The highest BCUT2D eigenvalue weighted by Gasteiger charge is 2.32. The molecule has 0 spiro atoms. The minimum Gasteiger partial charge on any atom is -0.496 e. The normalized spacial score (nSPS) is 11.2. The van der Waals surface area contributed by atoms with E-state index in [9.17, 15) is 28.1 Å². The number of alkyl halides is 3. The van der Waals surface area contributed by atoms with Gasteiger partial charge in [0.2, 0.25) is 0 Å². The van der Waals surface area contributed by atoms with Crippen molar-refractivity contribution in [2.24, 2.45) is 0 Å². The molecular formula is C10H8F3NO5. The summed E-state index contributed by atoms with van der Waals surface area (Å²) in [6.07, 6.45) is -6.04. The molecule has 1 aromatic carbocycles. The number of nitro benzene ring substituents is 1. The van der Waals surface area contributed by atoms with Gasteiger partial charge in [-0.05, 0) is 0 Å². The lowest BCUT2D eigenvalue weighted by Gasteiger charge is -2.11. The number of nitrogens with zero attached hydrogens (tertiary/aromatic N) is 1. The van der Waals surface area contributed by atoms with Crippen LogP contribution in [0.3, 0.4) is 0 Å². The van der Waals surface area contributed by atoms with E-state index in [1.165, 1.54) is 0 Å². The van der Waals surface area contributed by atoms with Crippen molar-refractivity contribution >= 4 is 11.7 Å². The first-order valence-corrected chi connectivity index (χ1v) is 4.81. The van der Waals surface area contributed by atoms with Gasteiger partial charge >= 0.3 is 12.1 Å². The first kappa shape index (κ1) is 14.7. The van der Waals surface area contributed by atoms with E-state index < -0.39 is 40.3 Å². The lowest BCUT2D eigenvalue weighted by molar-refractivity contribution is -0.385. The van der Waals surface area contributed by atoms with Crippen LogP contribution in [-0.2, 0) is 6.42 Å². The second-order valence-corrected chi connectivity index (χ2v) is 3.54. The number of aromatic carboxylic acids is 1. The van der Waals surface area contributed by atoms with Crippen LogP contribution in [0.2, 0.25) is 0 Å². The summed E-state index contributed by atoms with van der Waals surface area (Å²) in [4.78, 5) is 20.4. The molecule has 104 valence electrons. The molecule has 0 radical (unpaired) electrons. The molecule has 0 bridgehead atoms. The van der Waals surface area contributed by atoms with E-state index >= 15 is 0 Å². The molecule has 0 unspecified atom stereocenters. The highest BCUT2D eigenvalue weighted by molar-refractivity contribution is 5.93. The Morgan fingerprint density at radius 2 is 2.05 bits per heavy atom. The van der Waals surface area contributed by atoms with Gasteiger partial charge in [0.15, 0.2) is 0 Å². The molecule has 0 fully saturated rings. The Kier molecular flexibility index (Phi) is 3.98. The Bertz CT molecular complexity index is 527. The third-order valence-electron chi connectivity index (χ3n) is 2.22. The molecule has 1 N–H and O–H groups in total. The van der Waals surface area contributed by atoms with Gasteiger partial charge in [0.05, 0.1) is 18.5 Å². The molecule has 0 aliphatic rings. The minimum absolute atomic E-state index is 0.361. The van der Waals surface area contributed by atoms with Crippen LogP contribution in [0.25, 0.3) is 0 Å². The highest BCUT2D eigenvalue weighted by atomic mass is 19.4. The zero-order valence-corrected chi connectivity index (χ0v) is 9.52. The molecule has 0 saturated heterocycles. The van der Waals surface area contributed by atoms with Crippen molar-refractivity contribution in [2.45, 2.75) is 12.6 Å². The van der Waals surface area contributed by atoms with Crippen molar-refractivity contribution < 1.29 is 32.7 Å². The summed E-state index contributed by atoms with van der Waals surface area (Å²) in [6, 6.07) is 1.28. The summed E-state index contributed by atoms with van der Waals surface area (Å²) in [5.74, 6) is -1.98. The number of carbonyl (C=O) groups is 1. The predicted molar refractivity (Wildman–Crippen MR) is 56.4 cm³/mol. The topological polar surface area (TPSA) is 89.7 Å². The van der Waals surface area contributed by atoms with Crippen LogP contribution in [0.15, 0.2) is 12.1 Å². The number of benzene rings is 1. The lowest BCUT2D eigenvalue weighted by atomic mass is 10.0. The molecule has 6 nitrogen and oxygen atoms in total. The Morgan fingerprint density at radius 3 is 2.42 bits per heavy atom. The average Bonchev–Trinajstić information content (AvgIpc) is 2.25. The van der Waals surface area contributed by atoms with Crippen molar-refractivity contribution in [3.8, 4) is 5.75 Å². The van der Waals surface area contributed by atoms with Crippen LogP contribution in [0.4, 0.5) is 18.9 Å². The van der Waals surface area contributed by atoms with Gasteiger partial charge in [0.25, 0.3) is 5.69 Å². The molecular weight excluding hydrogens is 271 g/mol. The molecule has 0 aromatic heterocycles. The highest BCUT2D eigenvalue weighted by Crippen LogP contribution is 2.33. The first-order valence-electron chi connectivity index (χ1n) is 4.81. The number of carboxylic acids is 1. The van der Waals surface area contributed by atoms with E-state index in [1.54, 1.807) is 0 Å². The minimum atomic E-state index is -4.59. The third kappa shape index (κ3) is 3.57. The van der Waals surface area contributed by atoms with Crippen LogP contribution in [0.5, 0.6) is 5.75 Å². The van der Waals surface area contributed by atoms with Crippen molar-refractivity contribution in [3.05, 3.63) is 33.4 Å². The van der Waals surface area contributed by atoms with Crippen LogP contribution < -0.4 is 4.74 Å². The summed E-state index contributed by atoms with van der Waals surface area (Å²) < 4.78 is 41.6. The molecule has 0 saturated carbocycles. The lowest BCUT2D eigenvalue weighted by Crippen LogP contribution is -2.14. The predicted octanol–water partition coefficient (Wildman–Crippen LogP) is 2.41. The number of carboxylic acid groups (broad SMARTS) is 1. The zero-order valence-electron chi connectivity index (χ0n) is 9.52. The van der Waals surface area contributed by atoms with E-state index in [-0.39, 0.29) is 5.75 Å². The average molecular weight is 279 g/mol. The van der Waals surface area contributed by atoms with Gasteiger partial charge < -0.3 is 9.84 Å². The van der Waals surface area contributed by atoms with Crippen LogP contribution in [-0.4, -0.2) is 29.3 Å². The van der Waals surface area contributed by atoms with E-state index in [0.29, 0.717) is 12.1 Å². The van der Waals surface area contributed by atoms with Crippen LogP contribution in [0, 0.1) is 10.1 Å². The summed E-state index contributed by atoms with van der Waals surface area (Å²) in [7, 11) is 1.05. The fraction of sp³-hybridized carbons (Fsp3) is 0.300. The number of nitro groups is 1. The summed E-state index contributed by atoms with van der Waals surface area (Å²) >= 11 is 0. The second-order valence-electron chi connectivity index (χ2n) is 3.54. The summed E-state index contributed by atoms with van der Waals surface area (Å²) in [6.45, 7) is 0. The Labute approximate surface area is 104 Å². The number of hydrogen-bond acceptors (Lipinski definition) is 4. The number of rotatable bonds is 4. The summed E-state index contributed by atoms with van der Waals surface area (Å²) in [5.41, 5.74) is -2.13. The van der Waals surface area contributed by atoms with E-state index in [2.05, 4.69) is 4.74 Å². The first-order chi connectivity index (χ1) is 8.65. The smallest absolute Gasteiger partial charge is 0.393 e. The van der Waals surface area contributed by atoms with Gasteiger partial charge in [-0.1, -0.05) is 0 Å². The summed E-state index contributed by atoms with van der Waals surface area (Å²) in [5, 5.41) is 19.4. The Morgan fingerprint density at radius 1 is 1.47 bits per heavy atom. The second kappa shape index (κ2) is 5.12. The zero-order chi connectivity index (χ0) is 14.8. The van der Waals surface area contributed by atoms with E-state index in [1.807, 2.05) is 0 Å². The van der Waals surface area contributed by atoms with Gasteiger partial charge in [0, 0.05) is 17.7 Å². The number of hydrogen-bond donors (Lipinski definition) is 1. The third-order valence-corrected chi connectivity index (χ3v) is 2.22. The maximum absolute atomic E-state index is 12.3. The van der Waals surface area contributed by atoms with Gasteiger partial charge in [0.1, 0.15) is 11.3 Å². The van der Waals surface area contributed by atoms with Crippen molar-refractivity contribution in [1.29, 1.82) is 0 Å². The van der Waals surface area contributed by atoms with Crippen molar-refractivity contribution in [2.75, 3.05) is 7.11 Å². The van der Waals surface area contributed by atoms with Gasteiger partial charge in [-0.2, -0.15) is 13.2 Å². The largest absolute Gasteiger partial charge is 0.496 e. The number of ether oxygens (including phenoxy) is 1.